The van der Waals surface area contributed by atoms with Crippen LogP contribution in [0.2, 0.25) is 0 Å². The van der Waals surface area contributed by atoms with Gasteiger partial charge in [0, 0.05) is 24.2 Å². The fourth-order valence-electron chi connectivity index (χ4n) is 3.18. The van der Waals surface area contributed by atoms with E-state index in [4.69, 9.17) is 10.5 Å². The molecule has 2 N–H and O–H groups in total. The average Bonchev–Trinajstić information content (AvgIpc) is 3.01. The maximum absolute atomic E-state index is 11.9. The number of esters is 1. The predicted octanol–water partition coefficient (Wildman–Crippen LogP) is 1.88. The smallest absolute Gasteiger partial charge is 0.340 e. The highest BCUT2D eigenvalue weighted by Crippen LogP contribution is 2.34. The van der Waals surface area contributed by atoms with Crippen molar-refractivity contribution in [2.45, 2.75) is 25.8 Å². The van der Waals surface area contributed by atoms with Crippen LogP contribution in [0.15, 0.2) is 18.2 Å². The third-order valence-corrected chi connectivity index (χ3v) is 3.90. The third-order valence-electron chi connectivity index (χ3n) is 3.90. The second-order valence-corrected chi connectivity index (χ2v) is 4.91. The van der Waals surface area contributed by atoms with E-state index in [-0.39, 0.29) is 5.97 Å². The van der Waals surface area contributed by atoms with Gasteiger partial charge in [-0.3, -0.25) is 0 Å². The molecule has 1 aliphatic carbocycles. The Hall–Kier alpha value is -1.81. The largest absolute Gasteiger partial charge is 0.465 e. The first-order valence-electron chi connectivity index (χ1n) is 6.69. The molecule has 2 aromatic rings. The molecule has 4 nitrogen and oxygen atoms in total. The standard InChI is InChI=1S/C15H18N2O2/c1-19-15(18)12-6-2-5-11-10-4-3-7-13(10)17(9-8-16)14(11)12/h2,5-6H,3-4,7-9,16H2,1H3. The zero-order valence-electron chi connectivity index (χ0n) is 11.1. The van der Waals surface area contributed by atoms with E-state index < -0.39 is 0 Å². The Labute approximate surface area is 112 Å². The zero-order chi connectivity index (χ0) is 13.4. The molecule has 0 saturated carbocycles. The summed E-state index contributed by atoms with van der Waals surface area (Å²) in [7, 11) is 1.42. The number of carbonyl (C=O) groups is 1. The van der Waals surface area contributed by atoms with Crippen molar-refractivity contribution in [3.05, 3.63) is 35.0 Å². The van der Waals surface area contributed by atoms with E-state index in [2.05, 4.69) is 10.6 Å². The molecule has 0 bridgehead atoms. The van der Waals surface area contributed by atoms with Gasteiger partial charge in [-0.1, -0.05) is 12.1 Å². The molecule has 4 heteroatoms. The highest BCUT2D eigenvalue weighted by Gasteiger charge is 2.24. The van der Waals surface area contributed by atoms with Gasteiger partial charge in [0.15, 0.2) is 0 Å². The lowest BCUT2D eigenvalue weighted by atomic mass is 10.1. The molecule has 1 heterocycles. The van der Waals surface area contributed by atoms with Gasteiger partial charge < -0.3 is 15.0 Å². The van der Waals surface area contributed by atoms with E-state index in [0.29, 0.717) is 12.1 Å². The van der Waals surface area contributed by atoms with Crippen LogP contribution in [-0.4, -0.2) is 24.2 Å². The van der Waals surface area contributed by atoms with E-state index in [0.717, 1.165) is 24.9 Å². The SMILES string of the molecule is COC(=O)c1cccc2c3c(n(CCN)c12)CCC3. The van der Waals surface area contributed by atoms with Crippen molar-refractivity contribution in [2.75, 3.05) is 13.7 Å². The van der Waals surface area contributed by atoms with Crippen molar-refractivity contribution in [3.63, 3.8) is 0 Å². The number of nitrogens with zero attached hydrogens (tertiary/aromatic N) is 1. The molecule has 0 atom stereocenters. The Morgan fingerprint density at radius 3 is 3.00 bits per heavy atom. The van der Waals surface area contributed by atoms with Crippen LogP contribution in [0.1, 0.15) is 28.0 Å². The Kier molecular flexibility index (Phi) is 3.03. The molecule has 0 aliphatic heterocycles. The quantitative estimate of drug-likeness (QED) is 0.855. The predicted molar refractivity (Wildman–Crippen MR) is 74.4 cm³/mol. The van der Waals surface area contributed by atoms with Crippen LogP contribution in [0.4, 0.5) is 0 Å². The molecular formula is C15H18N2O2. The van der Waals surface area contributed by atoms with E-state index in [1.165, 1.54) is 30.2 Å². The van der Waals surface area contributed by atoms with Gasteiger partial charge in [-0.2, -0.15) is 0 Å². The number of benzene rings is 1. The van der Waals surface area contributed by atoms with E-state index >= 15 is 0 Å². The molecular weight excluding hydrogens is 240 g/mol. The average molecular weight is 258 g/mol. The zero-order valence-corrected chi connectivity index (χ0v) is 11.1. The summed E-state index contributed by atoms with van der Waals surface area (Å²) >= 11 is 0. The van der Waals surface area contributed by atoms with Crippen LogP contribution >= 0.6 is 0 Å². The molecule has 0 unspecified atom stereocenters. The summed E-state index contributed by atoms with van der Waals surface area (Å²) < 4.78 is 7.11. The first kappa shape index (κ1) is 12.2. The Morgan fingerprint density at radius 1 is 1.42 bits per heavy atom. The van der Waals surface area contributed by atoms with Crippen LogP contribution < -0.4 is 5.73 Å². The summed E-state index contributed by atoms with van der Waals surface area (Å²) in [4.78, 5) is 11.9. The van der Waals surface area contributed by atoms with Gasteiger partial charge >= 0.3 is 5.97 Å². The Bertz CT molecular complexity index is 643. The number of carbonyl (C=O) groups excluding carboxylic acids is 1. The van der Waals surface area contributed by atoms with Gasteiger partial charge in [0.1, 0.15) is 0 Å². The number of rotatable bonds is 3. The van der Waals surface area contributed by atoms with Crippen LogP contribution in [0, 0.1) is 0 Å². The summed E-state index contributed by atoms with van der Waals surface area (Å²) in [6.45, 7) is 1.32. The maximum atomic E-state index is 11.9. The number of aryl methyl sites for hydroxylation is 1. The van der Waals surface area contributed by atoms with Gasteiger partial charge in [-0.25, -0.2) is 4.79 Å². The third kappa shape index (κ3) is 1.75. The second kappa shape index (κ2) is 4.70. The van der Waals surface area contributed by atoms with Gasteiger partial charge in [0.2, 0.25) is 0 Å². The molecule has 1 aromatic heterocycles. The molecule has 0 amide bonds. The van der Waals surface area contributed by atoms with Crippen molar-refractivity contribution in [3.8, 4) is 0 Å². The molecule has 0 spiro atoms. The minimum atomic E-state index is -0.278. The second-order valence-electron chi connectivity index (χ2n) is 4.91. The summed E-state index contributed by atoms with van der Waals surface area (Å²) in [6.07, 6.45) is 3.35. The number of hydrogen-bond donors (Lipinski definition) is 1. The van der Waals surface area contributed by atoms with Gasteiger partial charge in [-0.05, 0) is 30.9 Å². The molecule has 19 heavy (non-hydrogen) atoms. The molecule has 1 aliphatic rings. The maximum Gasteiger partial charge on any atom is 0.340 e. The summed E-state index contributed by atoms with van der Waals surface area (Å²) in [6, 6.07) is 5.86. The molecule has 0 fully saturated rings. The minimum absolute atomic E-state index is 0.278. The van der Waals surface area contributed by atoms with Gasteiger partial charge in [0.05, 0.1) is 18.2 Å². The molecule has 0 saturated heterocycles. The number of fused-ring (bicyclic) bond motifs is 3. The van der Waals surface area contributed by atoms with Crippen molar-refractivity contribution in [1.29, 1.82) is 0 Å². The molecule has 1 aromatic carbocycles. The van der Waals surface area contributed by atoms with Crippen molar-refractivity contribution in [2.24, 2.45) is 5.73 Å². The van der Waals surface area contributed by atoms with Crippen LogP contribution in [0.3, 0.4) is 0 Å². The molecule has 0 radical (unpaired) electrons. The van der Waals surface area contributed by atoms with Crippen molar-refractivity contribution < 1.29 is 9.53 Å². The number of aromatic nitrogens is 1. The summed E-state index contributed by atoms with van der Waals surface area (Å²) in [5, 5.41) is 1.18. The fraction of sp³-hybridized carbons (Fsp3) is 0.400. The topological polar surface area (TPSA) is 57.2 Å². The molecule has 100 valence electrons. The summed E-state index contributed by atoms with van der Waals surface area (Å²) in [5.41, 5.74) is 10.1. The monoisotopic (exact) mass is 258 g/mol. The van der Waals surface area contributed by atoms with Gasteiger partial charge in [-0.15, -0.1) is 0 Å². The fourth-order valence-corrected chi connectivity index (χ4v) is 3.18. The number of hydrogen-bond acceptors (Lipinski definition) is 3. The van der Waals surface area contributed by atoms with E-state index in [1.807, 2.05) is 12.1 Å². The van der Waals surface area contributed by atoms with Crippen molar-refractivity contribution in [1.82, 2.24) is 4.57 Å². The number of ether oxygens (including phenoxy) is 1. The van der Waals surface area contributed by atoms with Crippen LogP contribution in [-0.2, 0) is 24.1 Å². The Morgan fingerprint density at radius 2 is 2.26 bits per heavy atom. The van der Waals surface area contributed by atoms with E-state index in [9.17, 15) is 4.79 Å². The number of nitrogens with two attached hydrogens (primary N) is 1. The van der Waals surface area contributed by atoms with Gasteiger partial charge in [0.25, 0.3) is 0 Å². The van der Waals surface area contributed by atoms with Crippen LogP contribution in [0.5, 0.6) is 0 Å². The van der Waals surface area contributed by atoms with Crippen LogP contribution in [0.25, 0.3) is 10.9 Å². The molecule has 3 rings (SSSR count). The first-order valence-corrected chi connectivity index (χ1v) is 6.69. The van der Waals surface area contributed by atoms with Crippen molar-refractivity contribution >= 4 is 16.9 Å². The lowest BCUT2D eigenvalue weighted by Gasteiger charge is -2.10. The number of methoxy groups -OCH3 is 1. The first-order chi connectivity index (χ1) is 9.27. The summed E-state index contributed by atoms with van der Waals surface area (Å²) in [5.74, 6) is -0.278. The normalized spacial score (nSPS) is 13.8. The lowest BCUT2D eigenvalue weighted by molar-refractivity contribution is 0.0602. The Balaban J connectivity index is 2.32. The minimum Gasteiger partial charge on any atom is -0.465 e. The highest BCUT2D eigenvalue weighted by molar-refractivity contribution is 6.04. The highest BCUT2D eigenvalue weighted by atomic mass is 16.5. The van der Waals surface area contributed by atoms with E-state index in [1.54, 1.807) is 0 Å². The lowest BCUT2D eigenvalue weighted by Crippen LogP contribution is -2.13. The number of para-hydroxylation sites is 1.